The summed E-state index contributed by atoms with van der Waals surface area (Å²) in [5.41, 5.74) is -4.20. The van der Waals surface area contributed by atoms with Crippen molar-refractivity contribution < 1.29 is 22.8 Å². The lowest BCUT2D eigenvalue weighted by Gasteiger charge is -2.13. The normalized spacial score (nSPS) is 11.3. The van der Waals surface area contributed by atoms with E-state index in [1.54, 1.807) is 6.07 Å². The second-order valence-electron chi connectivity index (χ2n) is 4.25. The van der Waals surface area contributed by atoms with Gasteiger partial charge in [-0.1, -0.05) is 22.9 Å². The maximum absolute atomic E-state index is 12.7. The lowest BCUT2D eigenvalue weighted by Crippen LogP contribution is -2.46. The molecule has 0 spiro atoms. The van der Waals surface area contributed by atoms with E-state index in [-0.39, 0.29) is 20.9 Å². The summed E-state index contributed by atoms with van der Waals surface area (Å²) >= 11 is 0. The maximum Gasteiger partial charge on any atom is 0.431 e. The van der Waals surface area contributed by atoms with Crippen LogP contribution in [0.4, 0.5) is 13.2 Å². The van der Waals surface area contributed by atoms with Crippen molar-refractivity contribution in [3.8, 4) is 0 Å². The lowest BCUT2D eigenvalue weighted by atomic mass is 10.2. The van der Waals surface area contributed by atoms with E-state index in [0.29, 0.717) is 0 Å². The fourth-order valence-electron chi connectivity index (χ4n) is 1.67. The molecule has 1 heterocycles. The first-order valence-electron chi connectivity index (χ1n) is 5.90. The minimum atomic E-state index is -4.88. The summed E-state index contributed by atoms with van der Waals surface area (Å²) < 4.78 is 38.1. The van der Waals surface area contributed by atoms with Crippen LogP contribution in [-0.2, 0) is 13.2 Å². The first kappa shape index (κ1) is 15.5. The van der Waals surface area contributed by atoms with Gasteiger partial charge in [-0.25, -0.2) is 9.59 Å². The van der Waals surface area contributed by atoms with Crippen molar-refractivity contribution in [1.82, 2.24) is 9.30 Å². The van der Waals surface area contributed by atoms with E-state index in [0.717, 1.165) is 7.05 Å². The van der Waals surface area contributed by atoms with E-state index in [1.807, 2.05) is 0 Å². The van der Waals surface area contributed by atoms with Gasteiger partial charge in [0.2, 0.25) is 0 Å². The molecule has 0 atom stereocenters. The average Bonchev–Trinajstić information content (AvgIpc) is 2.47. The summed E-state index contributed by atoms with van der Waals surface area (Å²) in [4.78, 5) is 39.7. The Balaban J connectivity index is 2.46. The molecule has 0 bridgehead atoms. The Morgan fingerprint density at radius 3 is 2.27 bits per heavy atom. The SMILES string of the molecule is Cn1c(C(F)(F)F)cc(=O)n(OC(=O)c2ccccc2)c1=O. The van der Waals surface area contributed by atoms with Crippen molar-refractivity contribution in [2.75, 3.05) is 0 Å². The van der Waals surface area contributed by atoms with E-state index < -0.39 is 29.1 Å². The topological polar surface area (TPSA) is 70.3 Å². The Morgan fingerprint density at radius 1 is 1.14 bits per heavy atom. The van der Waals surface area contributed by atoms with Gasteiger partial charge in [-0.05, 0) is 12.1 Å². The van der Waals surface area contributed by atoms with Gasteiger partial charge in [-0.3, -0.25) is 9.36 Å². The molecule has 2 rings (SSSR count). The molecule has 2 aromatic rings. The van der Waals surface area contributed by atoms with Crippen LogP contribution in [-0.4, -0.2) is 15.3 Å². The van der Waals surface area contributed by atoms with Crippen molar-refractivity contribution in [3.05, 3.63) is 68.5 Å². The summed E-state index contributed by atoms with van der Waals surface area (Å²) in [5.74, 6) is -1.04. The van der Waals surface area contributed by atoms with Crippen molar-refractivity contribution in [3.63, 3.8) is 0 Å². The van der Waals surface area contributed by atoms with E-state index in [2.05, 4.69) is 4.84 Å². The summed E-state index contributed by atoms with van der Waals surface area (Å²) in [5, 5.41) is 0. The average molecular weight is 314 g/mol. The molecule has 1 aromatic heterocycles. The van der Waals surface area contributed by atoms with Crippen molar-refractivity contribution in [1.29, 1.82) is 0 Å². The molecule has 0 unspecified atom stereocenters. The largest absolute Gasteiger partial charge is 0.431 e. The van der Waals surface area contributed by atoms with Gasteiger partial charge >= 0.3 is 17.8 Å². The van der Waals surface area contributed by atoms with Gasteiger partial charge in [0, 0.05) is 13.1 Å². The van der Waals surface area contributed by atoms with Crippen LogP contribution in [0.15, 0.2) is 46.0 Å². The highest BCUT2D eigenvalue weighted by Crippen LogP contribution is 2.26. The molecule has 116 valence electrons. The third kappa shape index (κ3) is 2.92. The van der Waals surface area contributed by atoms with Crippen molar-refractivity contribution in [2.24, 2.45) is 7.05 Å². The molecule has 6 nitrogen and oxygen atoms in total. The monoisotopic (exact) mass is 314 g/mol. The van der Waals surface area contributed by atoms with Crippen LogP contribution in [0.1, 0.15) is 16.1 Å². The predicted molar refractivity (Wildman–Crippen MR) is 68.3 cm³/mol. The van der Waals surface area contributed by atoms with Gasteiger partial charge in [0.15, 0.2) is 0 Å². The Labute approximate surface area is 120 Å². The smallest absolute Gasteiger partial charge is 0.323 e. The number of hydrogen-bond acceptors (Lipinski definition) is 4. The third-order valence-corrected chi connectivity index (χ3v) is 2.76. The number of hydrogen-bond donors (Lipinski definition) is 0. The lowest BCUT2D eigenvalue weighted by molar-refractivity contribution is -0.144. The molecule has 0 saturated carbocycles. The molecule has 0 N–H and O–H groups in total. The number of aromatic nitrogens is 2. The number of alkyl halides is 3. The van der Waals surface area contributed by atoms with Gasteiger partial charge in [-0.2, -0.15) is 13.2 Å². The number of rotatable bonds is 2. The predicted octanol–water partition coefficient (Wildman–Crippen LogP) is 0.835. The fraction of sp³-hybridized carbons (Fsp3) is 0.154. The summed E-state index contributed by atoms with van der Waals surface area (Å²) in [7, 11) is 0.817. The number of halogens is 3. The highest BCUT2D eigenvalue weighted by molar-refractivity contribution is 5.89. The minimum absolute atomic E-state index is 0.0232. The van der Waals surface area contributed by atoms with Crippen LogP contribution in [0.2, 0.25) is 0 Å². The number of carbonyl (C=O) groups is 1. The zero-order valence-corrected chi connectivity index (χ0v) is 11.1. The van der Waals surface area contributed by atoms with Crippen LogP contribution in [0.25, 0.3) is 0 Å². The minimum Gasteiger partial charge on any atom is -0.323 e. The van der Waals surface area contributed by atoms with E-state index in [4.69, 9.17) is 0 Å². The van der Waals surface area contributed by atoms with Crippen LogP contribution in [0, 0.1) is 0 Å². The Kier molecular flexibility index (Phi) is 3.89. The van der Waals surface area contributed by atoms with Crippen LogP contribution in [0.3, 0.4) is 0 Å². The van der Waals surface area contributed by atoms with Crippen molar-refractivity contribution in [2.45, 2.75) is 6.18 Å². The quantitative estimate of drug-likeness (QED) is 0.823. The molecule has 1 aromatic carbocycles. The molecule has 0 aliphatic rings. The van der Waals surface area contributed by atoms with Crippen LogP contribution < -0.4 is 16.1 Å². The highest BCUT2D eigenvalue weighted by atomic mass is 19.4. The van der Waals surface area contributed by atoms with E-state index in [9.17, 15) is 27.6 Å². The van der Waals surface area contributed by atoms with E-state index in [1.165, 1.54) is 24.3 Å². The van der Waals surface area contributed by atoms with Gasteiger partial charge in [0.25, 0.3) is 5.56 Å². The second-order valence-corrected chi connectivity index (χ2v) is 4.25. The van der Waals surface area contributed by atoms with Crippen LogP contribution in [0.5, 0.6) is 0 Å². The summed E-state index contributed by atoms with van der Waals surface area (Å²) in [6.45, 7) is 0. The summed E-state index contributed by atoms with van der Waals surface area (Å²) in [6.07, 6.45) is -4.88. The molecular weight excluding hydrogens is 305 g/mol. The van der Waals surface area contributed by atoms with Gasteiger partial charge in [0.05, 0.1) is 5.56 Å². The van der Waals surface area contributed by atoms with Crippen LogP contribution >= 0.6 is 0 Å². The number of benzene rings is 1. The van der Waals surface area contributed by atoms with Gasteiger partial charge < -0.3 is 4.84 Å². The molecule has 0 saturated heterocycles. The van der Waals surface area contributed by atoms with Gasteiger partial charge in [0.1, 0.15) is 5.69 Å². The molecule has 0 amide bonds. The molecular formula is C13H9F3N2O4. The third-order valence-electron chi connectivity index (χ3n) is 2.76. The molecule has 0 aliphatic carbocycles. The first-order valence-corrected chi connectivity index (χ1v) is 5.90. The highest BCUT2D eigenvalue weighted by Gasteiger charge is 2.35. The van der Waals surface area contributed by atoms with E-state index >= 15 is 0 Å². The Morgan fingerprint density at radius 2 is 1.73 bits per heavy atom. The fourth-order valence-corrected chi connectivity index (χ4v) is 1.67. The number of nitrogens with zero attached hydrogens (tertiary/aromatic N) is 2. The second kappa shape index (κ2) is 5.51. The maximum atomic E-state index is 12.7. The Hall–Kier alpha value is -2.84. The molecule has 0 aliphatic heterocycles. The summed E-state index contributed by atoms with van der Waals surface area (Å²) in [6, 6.07) is 7.57. The van der Waals surface area contributed by atoms with Gasteiger partial charge in [-0.15, -0.1) is 0 Å². The first-order chi connectivity index (χ1) is 10.2. The Bertz CT molecular complexity index is 822. The molecule has 9 heteroatoms. The van der Waals surface area contributed by atoms with Crippen molar-refractivity contribution >= 4 is 5.97 Å². The molecule has 22 heavy (non-hydrogen) atoms. The molecule has 0 radical (unpaired) electrons. The zero-order chi connectivity index (χ0) is 16.5. The standard InChI is InChI=1S/C13H9F3N2O4/c1-17-9(13(14,15)16)7-10(19)18(12(17)21)22-11(20)8-5-3-2-4-6-8/h2-7H,1H3. The number of carbonyl (C=O) groups excluding carboxylic acids is 1. The molecule has 0 fully saturated rings. The zero-order valence-electron chi connectivity index (χ0n) is 11.1.